The minimum absolute atomic E-state index is 0.0892. The molecule has 0 aliphatic carbocycles. The molecule has 7 nitrogen and oxygen atoms in total. The van der Waals surface area contributed by atoms with Gasteiger partial charge in [-0.2, -0.15) is 0 Å². The van der Waals surface area contributed by atoms with Crippen LogP contribution in [0, 0.1) is 6.92 Å². The van der Waals surface area contributed by atoms with Crippen LogP contribution < -0.4 is 5.32 Å². The lowest BCUT2D eigenvalue weighted by atomic mass is 10.0. The van der Waals surface area contributed by atoms with Crippen molar-refractivity contribution in [1.82, 2.24) is 15.2 Å². The molecule has 1 saturated heterocycles. The molecule has 4 rings (SSSR count). The molecule has 2 N–H and O–H groups in total. The van der Waals surface area contributed by atoms with Crippen molar-refractivity contribution < 1.29 is 19.1 Å². The first-order valence-corrected chi connectivity index (χ1v) is 10.9. The van der Waals surface area contributed by atoms with E-state index in [1.54, 1.807) is 24.3 Å². The molecule has 166 valence electrons. The number of oxazole rings is 1. The van der Waals surface area contributed by atoms with Gasteiger partial charge in [-0.1, -0.05) is 42.5 Å². The lowest BCUT2D eigenvalue weighted by Crippen LogP contribution is -2.35. The molecule has 0 radical (unpaired) electrons. The van der Waals surface area contributed by atoms with Crippen molar-refractivity contribution in [2.24, 2.45) is 0 Å². The number of carbonyl (C=O) groups is 2. The van der Waals surface area contributed by atoms with E-state index in [-0.39, 0.29) is 12.5 Å². The zero-order valence-corrected chi connectivity index (χ0v) is 18.1. The fourth-order valence-electron chi connectivity index (χ4n) is 3.90. The molecule has 0 saturated carbocycles. The third-order valence-electron chi connectivity index (χ3n) is 5.72. The van der Waals surface area contributed by atoms with Crippen LogP contribution >= 0.6 is 0 Å². The van der Waals surface area contributed by atoms with E-state index in [1.807, 2.05) is 36.1 Å². The second-order valence-corrected chi connectivity index (χ2v) is 8.07. The van der Waals surface area contributed by atoms with Crippen LogP contribution in [0.1, 0.15) is 52.5 Å². The number of aromatic nitrogens is 1. The lowest BCUT2D eigenvalue weighted by Gasteiger charge is -2.25. The molecule has 0 spiro atoms. The fourth-order valence-corrected chi connectivity index (χ4v) is 3.90. The van der Waals surface area contributed by atoms with Crippen LogP contribution in [0.2, 0.25) is 0 Å². The Bertz CT molecular complexity index is 1090. The Labute approximate surface area is 187 Å². The van der Waals surface area contributed by atoms with Crippen LogP contribution in [0.15, 0.2) is 59.2 Å². The van der Waals surface area contributed by atoms with Gasteiger partial charge in [0, 0.05) is 25.2 Å². The number of aliphatic hydroxyl groups is 1. The van der Waals surface area contributed by atoms with Crippen molar-refractivity contribution >= 4 is 11.8 Å². The Morgan fingerprint density at radius 2 is 1.88 bits per heavy atom. The molecule has 2 aromatic carbocycles. The Kier molecular flexibility index (Phi) is 6.66. The van der Waals surface area contributed by atoms with Crippen LogP contribution in [-0.2, 0) is 11.3 Å². The molecule has 7 heteroatoms. The quantitative estimate of drug-likeness (QED) is 0.619. The summed E-state index contributed by atoms with van der Waals surface area (Å²) in [4.78, 5) is 31.1. The number of hydrogen-bond donors (Lipinski definition) is 2. The maximum atomic E-state index is 12.6. The predicted molar refractivity (Wildman–Crippen MR) is 120 cm³/mol. The molecule has 1 fully saturated rings. The third-order valence-corrected chi connectivity index (χ3v) is 5.72. The average molecular weight is 434 g/mol. The second kappa shape index (κ2) is 9.78. The van der Waals surface area contributed by atoms with Crippen molar-refractivity contribution in [3.63, 3.8) is 0 Å². The second-order valence-electron chi connectivity index (χ2n) is 8.07. The minimum Gasteiger partial charge on any atom is -0.444 e. The molecular weight excluding hydrogens is 406 g/mol. The Balaban J connectivity index is 1.40. The van der Waals surface area contributed by atoms with Gasteiger partial charge in [0.2, 0.25) is 5.89 Å². The van der Waals surface area contributed by atoms with Gasteiger partial charge in [0.25, 0.3) is 11.8 Å². The topological polar surface area (TPSA) is 95.7 Å². The molecule has 3 aromatic rings. The first-order chi connectivity index (χ1) is 15.5. The van der Waals surface area contributed by atoms with Gasteiger partial charge in [0.15, 0.2) is 11.8 Å². The van der Waals surface area contributed by atoms with Crippen LogP contribution in [0.5, 0.6) is 0 Å². The molecule has 0 unspecified atom stereocenters. The SMILES string of the molecule is Cc1cc(CNC(=O)[C@H](O)c2ccccc2)ccc1-c1nc(C(=O)N2CCCCC2)co1. The summed E-state index contributed by atoms with van der Waals surface area (Å²) in [6.45, 7) is 3.74. The Morgan fingerprint density at radius 3 is 2.59 bits per heavy atom. The standard InChI is InChI=1S/C25H27N3O4/c1-17-14-18(15-26-23(30)22(29)19-8-4-2-5-9-19)10-11-20(17)24-27-21(16-32-24)25(31)28-12-6-3-7-13-28/h2,4-5,8-11,14,16,22,29H,3,6-7,12-13,15H2,1H3,(H,26,30)/t22-/m1/s1. The van der Waals surface area contributed by atoms with Gasteiger partial charge in [0.05, 0.1) is 0 Å². The highest BCUT2D eigenvalue weighted by Crippen LogP contribution is 2.25. The number of nitrogens with zero attached hydrogens (tertiary/aromatic N) is 2. The van der Waals surface area contributed by atoms with Crippen molar-refractivity contribution in [2.45, 2.75) is 38.8 Å². The smallest absolute Gasteiger partial charge is 0.275 e. The summed E-state index contributed by atoms with van der Waals surface area (Å²) >= 11 is 0. The van der Waals surface area contributed by atoms with Crippen LogP contribution in [0.4, 0.5) is 0 Å². The summed E-state index contributed by atoms with van der Waals surface area (Å²) < 4.78 is 5.60. The predicted octanol–water partition coefficient (Wildman–Crippen LogP) is 3.63. The van der Waals surface area contributed by atoms with E-state index in [9.17, 15) is 14.7 Å². The average Bonchev–Trinajstić information content (AvgIpc) is 3.32. The highest BCUT2D eigenvalue weighted by Gasteiger charge is 2.22. The van der Waals surface area contributed by atoms with Crippen molar-refractivity contribution in [1.29, 1.82) is 0 Å². The zero-order chi connectivity index (χ0) is 22.5. The summed E-state index contributed by atoms with van der Waals surface area (Å²) in [5.41, 5.74) is 3.47. The van der Waals surface area contributed by atoms with Gasteiger partial charge < -0.3 is 19.7 Å². The molecule has 2 amide bonds. The summed E-state index contributed by atoms with van der Waals surface area (Å²) in [5.74, 6) is -0.141. The van der Waals surface area contributed by atoms with E-state index in [0.717, 1.165) is 49.0 Å². The highest BCUT2D eigenvalue weighted by molar-refractivity contribution is 5.92. The van der Waals surface area contributed by atoms with E-state index in [0.29, 0.717) is 17.1 Å². The largest absolute Gasteiger partial charge is 0.444 e. The number of rotatable bonds is 6. The first-order valence-electron chi connectivity index (χ1n) is 10.9. The number of benzene rings is 2. The van der Waals surface area contributed by atoms with Gasteiger partial charge in [-0.15, -0.1) is 0 Å². The zero-order valence-electron chi connectivity index (χ0n) is 18.1. The van der Waals surface area contributed by atoms with E-state index in [4.69, 9.17) is 4.42 Å². The van der Waals surface area contributed by atoms with E-state index < -0.39 is 12.0 Å². The summed E-state index contributed by atoms with van der Waals surface area (Å²) in [6.07, 6.45) is 3.42. The van der Waals surface area contributed by atoms with Gasteiger partial charge in [-0.05, 0) is 48.9 Å². The van der Waals surface area contributed by atoms with Crippen LogP contribution in [0.25, 0.3) is 11.5 Å². The molecule has 1 aliphatic heterocycles. The van der Waals surface area contributed by atoms with Gasteiger partial charge in [0.1, 0.15) is 6.26 Å². The van der Waals surface area contributed by atoms with E-state index in [1.165, 1.54) is 6.26 Å². The number of piperidine rings is 1. The molecule has 0 bridgehead atoms. The maximum Gasteiger partial charge on any atom is 0.275 e. The van der Waals surface area contributed by atoms with Crippen LogP contribution in [0.3, 0.4) is 0 Å². The Hall–Kier alpha value is -3.45. The number of likely N-dealkylation sites (tertiary alicyclic amines) is 1. The van der Waals surface area contributed by atoms with E-state index >= 15 is 0 Å². The number of hydrogen-bond acceptors (Lipinski definition) is 5. The number of aliphatic hydroxyl groups excluding tert-OH is 1. The third kappa shape index (κ3) is 4.89. The van der Waals surface area contributed by atoms with Gasteiger partial charge >= 0.3 is 0 Å². The summed E-state index contributed by atoms with van der Waals surface area (Å²) in [6, 6.07) is 14.5. The number of amides is 2. The molecule has 2 heterocycles. The number of carbonyl (C=O) groups excluding carboxylic acids is 2. The maximum absolute atomic E-state index is 12.6. The molecular formula is C25H27N3O4. The van der Waals surface area contributed by atoms with Crippen molar-refractivity contribution in [3.8, 4) is 11.5 Å². The monoisotopic (exact) mass is 433 g/mol. The van der Waals surface area contributed by atoms with Crippen molar-refractivity contribution in [3.05, 3.63) is 77.2 Å². The number of aryl methyl sites for hydroxylation is 1. The molecule has 1 aromatic heterocycles. The summed E-state index contributed by atoms with van der Waals surface area (Å²) in [7, 11) is 0. The Morgan fingerprint density at radius 1 is 1.12 bits per heavy atom. The fraction of sp³-hybridized carbons (Fsp3) is 0.320. The minimum atomic E-state index is -1.21. The summed E-state index contributed by atoms with van der Waals surface area (Å²) in [5, 5.41) is 13.0. The highest BCUT2D eigenvalue weighted by atomic mass is 16.3. The first kappa shape index (κ1) is 21.8. The molecule has 1 aliphatic rings. The number of nitrogens with one attached hydrogen (secondary N) is 1. The molecule has 1 atom stereocenters. The molecule has 32 heavy (non-hydrogen) atoms. The van der Waals surface area contributed by atoms with Gasteiger partial charge in [-0.3, -0.25) is 9.59 Å². The van der Waals surface area contributed by atoms with E-state index in [2.05, 4.69) is 10.3 Å². The normalized spacial score (nSPS) is 14.8. The van der Waals surface area contributed by atoms with Gasteiger partial charge in [-0.25, -0.2) is 4.98 Å². The van der Waals surface area contributed by atoms with Crippen molar-refractivity contribution in [2.75, 3.05) is 13.1 Å². The van der Waals surface area contributed by atoms with Crippen LogP contribution in [-0.4, -0.2) is 39.9 Å². The lowest BCUT2D eigenvalue weighted by molar-refractivity contribution is -0.129.